The molecule has 0 bridgehead atoms. The van der Waals surface area contributed by atoms with Crippen molar-refractivity contribution < 1.29 is 9.21 Å². The lowest BCUT2D eigenvalue weighted by Crippen LogP contribution is -2.27. The van der Waals surface area contributed by atoms with Crippen molar-refractivity contribution in [2.24, 2.45) is 7.05 Å². The number of hydrogen-bond acceptors (Lipinski definition) is 7. The molecular weight excluding hydrogens is 394 g/mol. The van der Waals surface area contributed by atoms with Crippen LogP contribution in [0.1, 0.15) is 5.69 Å². The van der Waals surface area contributed by atoms with Gasteiger partial charge >= 0.3 is 0 Å². The van der Waals surface area contributed by atoms with E-state index in [0.717, 1.165) is 11.4 Å². The van der Waals surface area contributed by atoms with E-state index in [9.17, 15) is 4.79 Å². The highest BCUT2D eigenvalue weighted by Gasteiger charge is 2.22. The predicted octanol–water partition coefficient (Wildman–Crippen LogP) is 4.30. The van der Waals surface area contributed by atoms with Gasteiger partial charge in [0.25, 0.3) is 0 Å². The Hall–Kier alpha value is -2.91. The minimum atomic E-state index is -0.0758. The third-order valence-electron chi connectivity index (χ3n) is 3.96. The summed E-state index contributed by atoms with van der Waals surface area (Å²) in [5, 5.41) is 11.6. The number of carbonyl (C=O) groups excluding carboxylic acids is 1. The number of para-hydroxylation sites is 1. The molecule has 3 aromatic heterocycles. The van der Waals surface area contributed by atoms with Gasteiger partial charge in [-0.2, -0.15) is 0 Å². The molecule has 0 aliphatic heterocycles. The van der Waals surface area contributed by atoms with E-state index in [-0.39, 0.29) is 11.7 Å². The molecule has 142 valence electrons. The van der Waals surface area contributed by atoms with Gasteiger partial charge in [-0.1, -0.05) is 30.0 Å². The Balaban J connectivity index is 1.54. The maximum Gasteiger partial charge on any atom is 0.243 e. The lowest BCUT2D eigenvalue weighted by molar-refractivity contribution is -0.115. The Bertz CT molecular complexity index is 1070. The first-order chi connectivity index (χ1) is 13.6. The smallest absolute Gasteiger partial charge is 0.243 e. The lowest BCUT2D eigenvalue weighted by atomic mass is 10.3. The topological polar surface area (TPSA) is 77.0 Å². The van der Waals surface area contributed by atoms with Crippen molar-refractivity contribution in [2.75, 3.05) is 10.7 Å². The van der Waals surface area contributed by atoms with Gasteiger partial charge in [0.05, 0.1) is 23.4 Å². The number of furan rings is 1. The summed E-state index contributed by atoms with van der Waals surface area (Å²) in [7, 11) is 1.85. The number of hydrogen-bond donors (Lipinski definition) is 0. The van der Waals surface area contributed by atoms with Crippen molar-refractivity contribution in [1.29, 1.82) is 0 Å². The summed E-state index contributed by atoms with van der Waals surface area (Å²) in [5.74, 6) is 1.39. The molecule has 0 atom stereocenters. The summed E-state index contributed by atoms with van der Waals surface area (Å²) < 4.78 is 7.20. The molecule has 4 aromatic rings. The summed E-state index contributed by atoms with van der Waals surface area (Å²) in [6.07, 6.45) is 1.59. The van der Waals surface area contributed by atoms with Crippen molar-refractivity contribution in [3.63, 3.8) is 0 Å². The van der Waals surface area contributed by atoms with Crippen LogP contribution < -0.4 is 4.90 Å². The highest BCUT2D eigenvalue weighted by atomic mass is 32.2. The van der Waals surface area contributed by atoms with Crippen molar-refractivity contribution >= 4 is 39.8 Å². The molecule has 0 fully saturated rings. The number of thioether (sulfide) groups is 1. The summed E-state index contributed by atoms with van der Waals surface area (Å²) in [5.41, 5.74) is 1.68. The summed E-state index contributed by atoms with van der Waals surface area (Å²) in [4.78, 5) is 19.2. The fourth-order valence-electron chi connectivity index (χ4n) is 2.63. The SMILES string of the molecule is Cc1csc(N(C(=O)CSc2nnc(-c3ccco3)n2C)c2ccccc2)n1. The minimum absolute atomic E-state index is 0.0758. The second kappa shape index (κ2) is 7.99. The minimum Gasteiger partial charge on any atom is -0.461 e. The van der Waals surface area contributed by atoms with Crippen LogP contribution in [0.2, 0.25) is 0 Å². The van der Waals surface area contributed by atoms with Crippen molar-refractivity contribution in [1.82, 2.24) is 19.7 Å². The average molecular weight is 412 g/mol. The number of carbonyl (C=O) groups is 1. The zero-order valence-corrected chi connectivity index (χ0v) is 16.9. The Labute approximate surface area is 170 Å². The fourth-order valence-corrected chi connectivity index (χ4v) is 4.23. The van der Waals surface area contributed by atoms with E-state index in [4.69, 9.17) is 4.42 Å². The Morgan fingerprint density at radius 2 is 2.04 bits per heavy atom. The fraction of sp³-hybridized carbons (Fsp3) is 0.158. The van der Waals surface area contributed by atoms with Gasteiger partial charge < -0.3 is 8.98 Å². The van der Waals surface area contributed by atoms with Crippen molar-refractivity contribution in [2.45, 2.75) is 12.1 Å². The van der Waals surface area contributed by atoms with Crippen LogP contribution >= 0.6 is 23.1 Å². The second-order valence-corrected chi connectivity index (χ2v) is 7.75. The molecule has 0 saturated heterocycles. The van der Waals surface area contributed by atoms with Gasteiger partial charge in [-0.05, 0) is 31.2 Å². The summed E-state index contributed by atoms with van der Waals surface area (Å²) in [6, 6.07) is 13.2. The second-order valence-electron chi connectivity index (χ2n) is 5.97. The molecule has 0 N–H and O–H groups in total. The lowest BCUT2D eigenvalue weighted by Gasteiger charge is -2.19. The van der Waals surface area contributed by atoms with Crippen LogP contribution in [-0.2, 0) is 11.8 Å². The van der Waals surface area contributed by atoms with E-state index in [1.54, 1.807) is 17.2 Å². The Morgan fingerprint density at radius 1 is 1.21 bits per heavy atom. The standard InChI is InChI=1S/C19H17N5O2S2/c1-13-11-27-18(20-13)24(14-7-4-3-5-8-14)16(25)12-28-19-22-21-17(23(19)2)15-9-6-10-26-15/h3-11H,12H2,1-2H3. The molecule has 0 saturated carbocycles. The maximum absolute atomic E-state index is 13.1. The quantitative estimate of drug-likeness (QED) is 0.440. The Kier molecular flexibility index (Phi) is 5.27. The van der Waals surface area contributed by atoms with Crippen molar-refractivity contribution in [3.8, 4) is 11.6 Å². The van der Waals surface area contributed by atoms with Gasteiger partial charge in [0.1, 0.15) is 0 Å². The van der Waals surface area contributed by atoms with Gasteiger partial charge in [-0.3, -0.25) is 9.69 Å². The highest BCUT2D eigenvalue weighted by Crippen LogP contribution is 2.30. The first-order valence-electron chi connectivity index (χ1n) is 8.49. The monoisotopic (exact) mass is 411 g/mol. The summed E-state index contributed by atoms with van der Waals surface area (Å²) >= 11 is 2.78. The summed E-state index contributed by atoms with van der Waals surface area (Å²) in [6.45, 7) is 1.91. The molecule has 28 heavy (non-hydrogen) atoms. The Morgan fingerprint density at radius 3 is 2.71 bits per heavy atom. The van der Waals surface area contributed by atoms with Gasteiger partial charge in [0.2, 0.25) is 5.91 Å². The number of aryl methyl sites for hydroxylation is 1. The molecule has 7 nitrogen and oxygen atoms in total. The number of amides is 1. The van der Waals surface area contributed by atoms with Crippen LogP contribution in [0.25, 0.3) is 11.6 Å². The van der Waals surface area contributed by atoms with Crippen LogP contribution in [0.15, 0.2) is 63.7 Å². The number of nitrogens with zero attached hydrogens (tertiary/aromatic N) is 5. The third kappa shape index (κ3) is 3.71. The molecule has 0 spiro atoms. The van der Waals surface area contributed by atoms with Gasteiger partial charge in [-0.25, -0.2) is 4.98 Å². The van der Waals surface area contributed by atoms with Crippen molar-refractivity contribution in [3.05, 3.63) is 59.8 Å². The molecule has 1 amide bonds. The van der Waals surface area contributed by atoms with Crippen LogP contribution in [0, 0.1) is 6.92 Å². The van der Waals surface area contributed by atoms with Gasteiger partial charge in [0.15, 0.2) is 21.9 Å². The first kappa shape index (κ1) is 18.5. The maximum atomic E-state index is 13.1. The molecule has 0 aliphatic carbocycles. The number of rotatable bonds is 6. The van der Waals surface area contributed by atoms with Gasteiger partial charge in [0, 0.05) is 12.4 Å². The van der Waals surface area contributed by atoms with Crippen LogP contribution in [-0.4, -0.2) is 31.4 Å². The number of aromatic nitrogens is 4. The van der Waals surface area contributed by atoms with E-state index in [0.29, 0.717) is 21.9 Å². The van der Waals surface area contributed by atoms with Crippen LogP contribution in [0.3, 0.4) is 0 Å². The number of thiazole rings is 1. The van der Waals surface area contributed by atoms with Gasteiger partial charge in [-0.15, -0.1) is 21.5 Å². The molecule has 4 rings (SSSR count). The number of benzene rings is 1. The van der Waals surface area contributed by atoms with E-state index in [1.807, 2.05) is 60.3 Å². The zero-order chi connectivity index (χ0) is 19.5. The van der Waals surface area contributed by atoms with E-state index >= 15 is 0 Å². The molecule has 0 aliphatic rings. The number of anilines is 2. The predicted molar refractivity (Wildman–Crippen MR) is 110 cm³/mol. The normalized spacial score (nSPS) is 10.9. The molecular formula is C19H17N5O2S2. The molecule has 0 radical (unpaired) electrons. The third-order valence-corrected chi connectivity index (χ3v) is 5.91. The van der Waals surface area contributed by atoms with Crippen LogP contribution in [0.5, 0.6) is 0 Å². The molecule has 9 heteroatoms. The van der Waals surface area contributed by atoms with Crippen LogP contribution in [0.4, 0.5) is 10.8 Å². The van der Waals surface area contributed by atoms with E-state index in [1.165, 1.54) is 23.1 Å². The first-order valence-corrected chi connectivity index (χ1v) is 10.4. The molecule has 0 unspecified atom stereocenters. The van der Waals surface area contributed by atoms with E-state index in [2.05, 4.69) is 15.2 Å². The highest BCUT2D eigenvalue weighted by molar-refractivity contribution is 7.99. The molecule has 1 aromatic carbocycles. The zero-order valence-electron chi connectivity index (χ0n) is 15.3. The average Bonchev–Trinajstić information content (AvgIpc) is 3.43. The largest absolute Gasteiger partial charge is 0.461 e. The van der Waals surface area contributed by atoms with E-state index < -0.39 is 0 Å². The molecule has 3 heterocycles.